The number of hydrogen-bond donors (Lipinski definition) is 2. The third-order valence-corrected chi connectivity index (χ3v) is 4.00. The standard InChI is InChI=1S/C17H18F2N2O3S/c1-23-12-7-11(8-13(9-12)24-2)10-20-17(22)21-14-5-3-4-6-15(14)25-16(18)19/h3-9,16H,10H2,1-2H3,(H2,20,21,22). The van der Waals surface area contributed by atoms with Gasteiger partial charge in [0.2, 0.25) is 0 Å². The molecule has 5 nitrogen and oxygen atoms in total. The predicted octanol–water partition coefficient (Wildman–Crippen LogP) is 4.34. The van der Waals surface area contributed by atoms with Gasteiger partial charge >= 0.3 is 6.03 Å². The third kappa shape index (κ3) is 5.82. The summed E-state index contributed by atoms with van der Waals surface area (Å²) in [6.45, 7) is 0.226. The highest BCUT2D eigenvalue weighted by atomic mass is 32.2. The topological polar surface area (TPSA) is 59.6 Å². The van der Waals surface area contributed by atoms with E-state index in [2.05, 4.69) is 10.6 Å². The molecule has 0 atom stereocenters. The van der Waals surface area contributed by atoms with Gasteiger partial charge in [-0.05, 0) is 29.8 Å². The molecule has 2 rings (SSSR count). The zero-order valence-electron chi connectivity index (χ0n) is 13.7. The van der Waals surface area contributed by atoms with Crippen LogP contribution in [0.25, 0.3) is 0 Å². The van der Waals surface area contributed by atoms with Gasteiger partial charge in [-0.15, -0.1) is 0 Å². The molecule has 0 saturated carbocycles. The van der Waals surface area contributed by atoms with Crippen molar-refractivity contribution in [3.05, 3.63) is 48.0 Å². The van der Waals surface area contributed by atoms with Crippen LogP contribution >= 0.6 is 11.8 Å². The quantitative estimate of drug-likeness (QED) is 0.714. The minimum atomic E-state index is -2.56. The molecule has 2 amide bonds. The highest BCUT2D eigenvalue weighted by Gasteiger charge is 2.12. The fourth-order valence-corrected chi connectivity index (χ4v) is 2.68. The van der Waals surface area contributed by atoms with Gasteiger partial charge in [0, 0.05) is 17.5 Å². The Morgan fingerprint density at radius 3 is 2.36 bits per heavy atom. The van der Waals surface area contributed by atoms with Gasteiger partial charge in [0.25, 0.3) is 5.76 Å². The first-order valence-corrected chi connectivity index (χ1v) is 8.20. The molecule has 0 aliphatic carbocycles. The maximum Gasteiger partial charge on any atom is 0.319 e. The van der Waals surface area contributed by atoms with E-state index >= 15 is 0 Å². The number of benzene rings is 2. The molecule has 0 aromatic heterocycles. The molecule has 2 aromatic carbocycles. The minimum absolute atomic E-state index is 0.226. The lowest BCUT2D eigenvalue weighted by atomic mass is 10.2. The fraction of sp³-hybridized carbons (Fsp3) is 0.235. The molecule has 0 aliphatic heterocycles. The second-order valence-corrected chi connectivity index (χ2v) is 5.94. The van der Waals surface area contributed by atoms with Crippen LogP contribution < -0.4 is 20.1 Å². The lowest BCUT2D eigenvalue weighted by molar-refractivity contribution is 0.250. The van der Waals surface area contributed by atoms with Gasteiger partial charge in [0.05, 0.1) is 19.9 Å². The summed E-state index contributed by atoms with van der Waals surface area (Å²) >= 11 is 0.382. The Labute approximate surface area is 148 Å². The van der Waals surface area contributed by atoms with Gasteiger partial charge in [0.15, 0.2) is 0 Å². The average molecular weight is 368 g/mol. The van der Waals surface area contributed by atoms with Gasteiger partial charge in [-0.25, -0.2) is 4.79 Å². The number of carbonyl (C=O) groups is 1. The van der Waals surface area contributed by atoms with E-state index in [1.54, 1.807) is 36.4 Å². The van der Waals surface area contributed by atoms with Gasteiger partial charge in [-0.2, -0.15) is 8.78 Å². The predicted molar refractivity (Wildman–Crippen MR) is 93.7 cm³/mol. The largest absolute Gasteiger partial charge is 0.497 e. The molecule has 0 aliphatic rings. The summed E-state index contributed by atoms with van der Waals surface area (Å²) in [5, 5.41) is 5.25. The molecule has 2 aromatic rings. The molecule has 0 saturated heterocycles. The number of alkyl halides is 2. The van der Waals surface area contributed by atoms with Gasteiger partial charge in [-0.3, -0.25) is 0 Å². The molecule has 2 N–H and O–H groups in total. The summed E-state index contributed by atoms with van der Waals surface area (Å²) in [7, 11) is 3.08. The third-order valence-electron chi connectivity index (χ3n) is 3.22. The number of thioether (sulfide) groups is 1. The van der Waals surface area contributed by atoms with E-state index < -0.39 is 11.8 Å². The van der Waals surface area contributed by atoms with Crippen molar-refractivity contribution < 1.29 is 23.0 Å². The number of ether oxygens (including phenoxy) is 2. The number of methoxy groups -OCH3 is 2. The molecule has 0 heterocycles. The number of urea groups is 1. The van der Waals surface area contributed by atoms with E-state index in [1.807, 2.05) is 0 Å². The van der Waals surface area contributed by atoms with Crippen LogP contribution in [-0.2, 0) is 6.54 Å². The second-order valence-electron chi connectivity index (χ2n) is 4.90. The number of para-hydroxylation sites is 1. The van der Waals surface area contributed by atoms with E-state index in [-0.39, 0.29) is 6.54 Å². The minimum Gasteiger partial charge on any atom is -0.497 e. The van der Waals surface area contributed by atoms with Gasteiger partial charge < -0.3 is 20.1 Å². The molecule has 134 valence electrons. The number of halogens is 2. The van der Waals surface area contributed by atoms with E-state index in [0.717, 1.165) is 5.56 Å². The number of rotatable bonds is 7. The van der Waals surface area contributed by atoms with Crippen molar-refractivity contribution >= 4 is 23.5 Å². The van der Waals surface area contributed by atoms with Crippen LogP contribution in [0.3, 0.4) is 0 Å². The number of amides is 2. The average Bonchev–Trinajstić information content (AvgIpc) is 2.61. The van der Waals surface area contributed by atoms with Crippen molar-refractivity contribution in [1.29, 1.82) is 0 Å². The Bertz CT molecular complexity index is 707. The molecule has 25 heavy (non-hydrogen) atoms. The van der Waals surface area contributed by atoms with E-state index in [0.29, 0.717) is 33.8 Å². The van der Waals surface area contributed by atoms with Gasteiger partial charge in [0.1, 0.15) is 11.5 Å². The van der Waals surface area contributed by atoms with Crippen LogP contribution in [0.2, 0.25) is 0 Å². The molecule has 0 radical (unpaired) electrons. The first-order chi connectivity index (χ1) is 12.0. The molecule has 0 bridgehead atoms. The summed E-state index contributed by atoms with van der Waals surface area (Å²) in [4.78, 5) is 12.4. The summed E-state index contributed by atoms with van der Waals surface area (Å²) < 4.78 is 35.5. The number of nitrogens with one attached hydrogen (secondary N) is 2. The van der Waals surface area contributed by atoms with Crippen molar-refractivity contribution in [1.82, 2.24) is 5.32 Å². The Morgan fingerprint density at radius 2 is 1.76 bits per heavy atom. The van der Waals surface area contributed by atoms with Crippen LogP contribution in [-0.4, -0.2) is 26.0 Å². The molecule has 8 heteroatoms. The zero-order chi connectivity index (χ0) is 18.2. The van der Waals surface area contributed by atoms with E-state index in [1.165, 1.54) is 20.3 Å². The highest BCUT2D eigenvalue weighted by molar-refractivity contribution is 7.99. The maximum atomic E-state index is 12.6. The molecule has 0 fully saturated rings. The number of anilines is 1. The molecular weight excluding hydrogens is 350 g/mol. The summed E-state index contributed by atoms with van der Waals surface area (Å²) in [5.41, 5.74) is 1.11. The van der Waals surface area contributed by atoms with Crippen molar-refractivity contribution in [2.24, 2.45) is 0 Å². The van der Waals surface area contributed by atoms with Crippen molar-refractivity contribution in [2.75, 3.05) is 19.5 Å². The normalized spacial score (nSPS) is 10.4. The Balaban J connectivity index is 2.00. The van der Waals surface area contributed by atoms with Crippen LogP contribution in [0, 0.1) is 0 Å². The van der Waals surface area contributed by atoms with Crippen molar-refractivity contribution in [3.63, 3.8) is 0 Å². The fourth-order valence-electron chi connectivity index (χ4n) is 2.09. The smallest absolute Gasteiger partial charge is 0.319 e. The Hall–Kier alpha value is -2.48. The highest BCUT2D eigenvalue weighted by Crippen LogP contribution is 2.31. The SMILES string of the molecule is COc1cc(CNC(=O)Nc2ccccc2SC(F)F)cc(OC)c1. The zero-order valence-corrected chi connectivity index (χ0v) is 14.5. The number of hydrogen-bond acceptors (Lipinski definition) is 4. The Morgan fingerprint density at radius 1 is 1.12 bits per heavy atom. The first-order valence-electron chi connectivity index (χ1n) is 7.32. The van der Waals surface area contributed by atoms with E-state index in [4.69, 9.17) is 9.47 Å². The summed E-state index contributed by atoms with van der Waals surface area (Å²) in [6.07, 6.45) is 0. The molecular formula is C17H18F2N2O3S. The van der Waals surface area contributed by atoms with Gasteiger partial charge in [-0.1, -0.05) is 23.9 Å². The van der Waals surface area contributed by atoms with Crippen molar-refractivity contribution in [2.45, 2.75) is 17.2 Å². The first kappa shape index (κ1) is 18.9. The van der Waals surface area contributed by atoms with Crippen LogP contribution in [0.1, 0.15) is 5.56 Å². The molecule has 0 unspecified atom stereocenters. The lowest BCUT2D eigenvalue weighted by Crippen LogP contribution is -2.28. The lowest BCUT2D eigenvalue weighted by Gasteiger charge is -2.12. The number of carbonyl (C=O) groups excluding carboxylic acids is 1. The van der Waals surface area contributed by atoms with Crippen LogP contribution in [0.15, 0.2) is 47.4 Å². The maximum absolute atomic E-state index is 12.6. The van der Waals surface area contributed by atoms with Crippen molar-refractivity contribution in [3.8, 4) is 11.5 Å². The summed E-state index contributed by atoms with van der Waals surface area (Å²) in [5.74, 6) is -1.35. The van der Waals surface area contributed by atoms with E-state index in [9.17, 15) is 13.6 Å². The molecule has 0 spiro atoms. The second kappa shape index (κ2) is 9.12. The van der Waals surface area contributed by atoms with Crippen LogP contribution in [0.4, 0.5) is 19.3 Å². The van der Waals surface area contributed by atoms with Crippen LogP contribution in [0.5, 0.6) is 11.5 Å². The Kier molecular flexibility index (Phi) is 6.88. The summed E-state index contributed by atoms with van der Waals surface area (Å²) in [6, 6.07) is 11.2. The monoisotopic (exact) mass is 368 g/mol.